The second kappa shape index (κ2) is 11.8. The zero-order valence-corrected chi connectivity index (χ0v) is 31.5. The number of benzene rings is 7. The fraction of sp³-hybridized carbons (Fsp3) is 0.130. The Labute approximate surface area is 292 Å². The molecule has 2 aliphatic carbocycles. The first-order chi connectivity index (χ1) is 23.5. The van der Waals surface area contributed by atoms with E-state index in [2.05, 4.69) is 173 Å². The predicted octanol–water partition coefficient (Wildman–Crippen LogP) is 11.7. The third-order valence-corrected chi connectivity index (χ3v) is 31.4. The predicted molar refractivity (Wildman–Crippen MR) is 204 cm³/mol. The molecular weight excluding hydrogens is 672 g/mol. The second-order valence-electron chi connectivity index (χ2n) is 13.9. The van der Waals surface area contributed by atoms with E-state index >= 15 is 0 Å². The molecule has 1 unspecified atom stereocenters. The average molecular weight is 710 g/mol. The Balaban J connectivity index is 1.32. The van der Waals surface area contributed by atoms with Crippen LogP contribution in [0.3, 0.4) is 0 Å². The van der Waals surface area contributed by atoms with Gasteiger partial charge < -0.3 is 0 Å². The zero-order chi connectivity index (χ0) is 32.5. The topological polar surface area (TPSA) is 0 Å². The molecule has 0 heterocycles. The van der Waals surface area contributed by atoms with Crippen molar-refractivity contribution < 1.29 is 20.4 Å². The molecule has 0 bridgehead atoms. The first-order valence-corrected chi connectivity index (χ1v) is 25.7. The molecule has 7 aromatic carbocycles. The van der Waals surface area contributed by atoms with E-state index in [4.69, 9.17) is 0 Å². The van der Waals surface area contributed by atoms with Crippen LogP contribution in [0.1, 0.15) is 47.6 Å². The summed E-state index contributed by atoms with van der Waals surface area (Å²) in [5, 5.41) is 6.91. The van der Waals surface area contributed by atoms with Gasteiger partial charge in [-0.25, -0.2) is 0 Å². The third kappa shape index (κ3) is 4.72. The molecule has 0 fully saturated rings. The number of hydrogen-bond acceptors (Lipinski definition) is 0. The Hall–Kier alpha value is -4.10. The Bertz CT molecular complexity index is 2450. The van der Waals surface area contributed by atoms with Crippen LogP contribution >= 0.6 is 0 Å². The van der Waals surface area contributed by atoms with Gasteiger partial charge in [0.2, 0.25) is 0 Å². The van der Waals surface area contributed by atoms with Gasteiger partial charge >= 0.3 is 294 Å². The van der Waals surface area contributed by atoms with Crippen LogP contribution in [-0.4, -0.2) is 5.43 Å². The number of rotatable bonds is 4. The average Bonchev–Trinajstić information content (AvgIpc) is 3.61. The van der Waals surface area contributed by atoms with Crippen molar-refractivity contribution in [1.29, 1.82) is 0 Å². The molecule has 0 nitrogen and oxygen atoms in total. The summed E-state index contributed by atoms with van der Waals surface area (Å²) in [4.78, 5) is 0. The van der Waals surface area contributed by atoms with Gasteiger partial charge in [-0.05, 0) is 0 Å². The van der Waals surface area contributed by atoms with Crippen molar-refractivity contribution in [3.63, 3.8) is 0 Å². The molecule has 0 aliphatic heterocycles. The summed E-state index contributed by atoms with van der Waals surface area (Å²) in [6, 6.07) is 53.7. The van der Waals surface area contributed by atoms with E-state index in [-0.39, 0.29) is 0 Å². The molecule has 0 N–H and O–H groups in total. The molecule has 0 saturated carbocycles. The van der Waals surface area contributed by atoms with E-state index in [9.17, 15) is 0 Å². The monoisotopic (exact) mass is 708 g/mol. The van der Waals surface area contributed by atoms with Crippen LogP contribution in [0.15, 0.2) is 145 Å². The van der Waals surface area contributed by atoms with Crippen molar-refractivity contribution in [2.24, 2.45) is 0 Å². The molecule has 230 valence electrons. The van der Waals surface area contributed by atoms with Crippen molar-refractivity contribution in [3.8, 4) is 22.3 Å². The molecule has 0 aromatic heterocycles. The molecule has 7 aromatic rings. The van der Waals surface area contributed by atoms with Crippen LogP contribution in [0.2, 0.25) is 6.55 Å². The van der Waals surface area contributed by atoms with Gasteiger partial charge in [-0.1, -0.05) is 0 Å². The van der Waals surface area contributed by atoms with Crippen LogP contribution < -0.4 is 5.19 Å². The van der Waals surface area contributed by atoms with Crippen LogP contribution in [0.4, 0.5) is 0 Å². The maximum atomic E-state index is 2.67. The van der Waals surface area contributed by atoms with Crippen molar-refractivity contribution in [3.05, 3.63) is 178 Å². The summed E-state index contributed by atoms with van der Waals surface area (Å²) < 4.78 is 1.05. The molecular formula is C46H38SiZr. The van der Waals surface area contributed by atoms with Crippen LogP contribution in [0.5, 0.6) is 0 Å². The quantitative estimate of drug-likeness (QED) is 0.126. The Kier molecular flexibility index (Phi) is 7.37. The molecule has 0 saturated heterocycles. The van der Waals surface area contributed by atoms with Crippen LogP contribution in [0, 0.1) is 13.8 Å². The maximum absolute atomic E-state index is 2.67. The second-order valence-corrected chi connectivity index (χ2v) is 29.7. The number of allylic oxidation sites excluding steroid dienone is 1. The Morgan fingerprint density at radius 1 is 0.479 bits per heavy atom. The molecule has 0 radical (unpaired) electrons. The molecule has 0 amide bonds. The van der Waals surface area contributed by atoms with Gasteiger partial charge in [0.05, 0.1) is 0 Å². The fourth-order valence-corrected chi connectivity index (χ4v) is 31.3. The van der Waals surface area contributed by atoms with Gasteiger partial charge in [-0.15, -0.1) is 0 Å². The van der Waals surface area contributed by atoms with Crippen molar-refractivity contribution in [2.75, 3.05) is 0 Å². The minimum atomic E-state index is -2.50. The van der Waals surface area contributed by atoms with Gasteiger partial charge in [0.1, 0.15) is 0 Å². The molecule has 48 heavy (non-hydrogen) atoms. The van der Waals surface area contributed by atoms with Gasteiger partial charge in [0.25, 0.3) is 0 Å². The van der Waals surface area contributed by atoms with Gasteiger partial charge in [0.15, 0.2) is 0 Å². The molecule has 1 atom stereocenters. The summed E-state index contributed by atoms with van der Waals surface area (Å²) in [6.07, 6.45) is 2.59. The number of hydrogen-bond donors (Lipinski definition) is 0. The van der Waals surface area contributed by atoms with E-state index in [0.717, 1.165) is 0 Å². The molecule has 2 aliphatic rings. The number of aryl methyl sites for hydroxylation is 2. The van der Waals surface area contributed by atoms with Crippen LogP contribution in [0.25, 0.3) is 49.9 Å². The van der Waals surface area contributed by atoms with Crippen molar-refractivity contribution in [1.82, 2.24) is 0 Å². The Morgan fingerprint density at radius 2 is 1.10 bits per heavy atom. The third-order valence-electron chi connectivity index (χ3n) is 10.9. The van der Waals surface area contributed by atoms with Gasteiger partial charge in [0, 0.05) is 0 Å². The first-order valence-electron chi connectivity index (χ1n) is 17.2. The summed E-state index contributed by atoms with van der Waals surface area (Å²) in [7, 11) is 0. The van der Waals surface area contributed by atoms with Crippen molar-refractivity contribution >= 4 is 38.2 Å². The Morgan fingerprint density at radius 3 is 1.81 bits per heavy atom. The minimum absolute atomic E-state index is 0.526. The van der Waals surface area contributed by atoms with E-state index in [1.807, 2.05) is 0 Å². The van der Waals surface area contributed by atoms with E-state index in [1.165, 1.54) is 60.5 Å². The molecule has 0 spiro atoms. The van der Waals surface area contributed by atoms with Gasteiger partial charge in [-0.2, -0.15) is 0 Å². The summed E-state index contributed by atoms with van der Waals surface area (Å²) in [6.45, 7) is 9.68. The standard InChI is InChI=1S/C24H17.C15H13.C7H8Si.Zr/c1-16-13-17-8-6-12-22(23(17)14-16)24-15-18-7-2-3-9-19(18)20-10-4-5-11-21(20)24;1-10-3-5-14-12(7-10)9-13-8-11(2)4-6-15(13)14;1-8-7-5-3-2-4-6-7;/h2-15H,1H3;3-9H,1-2H3;2-6H,1H3;. The summed E-state index contributed by atoms with van der Waals surface area (Å²) in [5.41, 5.74) is 15.4. The summed E-state index contributed by atoms with van der Waals surface area (Å²) in [5.74, 6) is 0. The van der Waals surface area contributed by atoms with E-state index < -0.39 is 25.8 Å². The molecule has 2 heteroatoms. The van der Waals surface area contributed by atoms with E-state index in [1.54, 1.807) is 27.5 Å². The zero-order valence-electron chi connectivity index (χ0n) is 28.0. The molecule has 9 rings (SSSR count). The normalized spacial score (nSPS) is 15.7. The number of fused-ring (bicyclic) bond motifs is 7. The SMILES string of the molecule is CC1=Cc2c(-c3cc4ccccc4c4ccccc34)cccc2[CH]1[Zr]([CH]1c2cc(C)ccc2-c2ccc(C)cc21)=[Si](C)c1ccccc1. The first kappa shape index (κ1) is 30.0. The summed E-state index contributed by atoms with van der Waals surface area (Å²) >= 11 is -2.50. The fourth-order valence-electron chi connectivity index (χ4n) is 8.77. The van der Waals surface area contributed by atoms with Crippen molar-refractivity contribution in [2.45, 2.75) is 34.6 Å². The van der Waals surface area contributed by atoms with Crippen LogP contribution in [-0.2, 0) is 20.4 Å². The van der Waals surface area contributed by atoms with Gasteiger partial charge in [-0.3, -0.25) is 0 Å². The van der Waals surface area contributed by atoms with E-state index in [0.29, 0.717) is 7.25 Å².